The Labute approximate surface area is 267 Å². The minimum atomic E-state index is -0.0523. The molecule has 0 aromatic heterocycles. The van der Waals surface area contributed by atoms with Crippen LogP contribution in [0.25, 0.3) is 0 Å². The van der Waals surface area contributed by atoms with Crippen LogP contribution in [0.15, 0.2) is 0 Å². The van der Waals surface area contributed by atoms with E-state index in [4.69, 9.17) is 9.47 Å². The number of unbranched alkanes of at least 4 members (excludes halogenated alkanes) is 21. The molecule has 0 saturated carbocycles. The molecule has 0 radical (unpaired) electrons. The number of aliphatic hydroxyl groups excluding tert-OH is 1. The summed E-state index contributed by atoms with van der Waals surface area (Å²) in [7, 11) is 0. The molecule has 256 valence electrons. The third kappa shape index (κ3) is 33.6. The highest BCUT2D eigenvalue weighted by Crippen LogP contribution is 2.12. The molecule has 0 aromatic carbocycles. The molecule has 0 unspecified atom stereocenters. The normalized spacial score (nSPS) is 11.3. The van der Waals surface area contributed by atoms with E-state index in [1.165, 1.54) is 89.9 Å². The van der Waals surface area contributed by atoms with Crippen LogP contribution in [0.2, 0.25) is 0 Å². The highest BCUT2D eigenvalue weighted by Gasteiger charge is 2.07. The molecule has 0 aliphatic rings. The van der Waals surface area contributed by atoms with Crippen LogP contribution in [0.4, 0.5) is 0 Å². The molecule has 0 heterocycles. The van der Waals surface area contributed by atoms with E-state index in [-0.39, 0.29) is 18.5 Å². The summed E-state index contributed by atoms with van der Waals surface area (Å²) in [6.45, 7) is 8.52. The number of nitrogens with zero attached hydrogens (tertiary/aromatic N) is 1. The summed E-state index contributed by atoms with van der Waals surface area (Å²) in [5, 5.41) is 9.43. The van der Waals surface area contributed by atoms with Gasteiger partial charge in [0.05, 0.1) is 19.8 Å². The molecule has 0 fully saturated rings. The number of carbonyl (C=O) groups excluding carboxylic acids is 2. The summed E-state index contributed by atoms with van der Waals surface area (Å²) >= 11 is 0. The van der Waals surface area contributed by atoms with Gasteiger partial charge in [-0.3, -0.25) is 9.59 Å². The van der Waals surface area contributed by atoms with Gasteiger partial charge in [0.1, 0.15) is 0 Å². The summed E-state index contributed by atoms with van der Waals surface area (Å²) < 4.78 is 10.8. The fraction of sp³-hybridized carbons (Fsp3) is 0.946. The van der Waals surface area contributed by atoms with E-state index < -0.39 is 0 Å². The predicted octanol–water partition coefficient (Wildman–Crippen LogP) is 9.94. The minimum Gasteiger partial charge on any atom is -0.466 e. The Morgan fingerprint density at radius 3 is 1.16 bits per heavy atom. The summed E-state index contributed by atoms with van der Waals surface area (Å²) in [6, 6.07) is 0. The van der Waals surface area contributed by atoms with Crippen molar-refractivity contribution in [2.24, 2.45) is 0 Å². The average Bonchev–Trinajstić information content (AvgIpc) is 3.00. The lowest BCUT2D eigenvalue weighted by molar-refractivity contribution is -0.144. The molecule has 0 rings (SSSR count). The molecule has 0 spiro atoms. The van der Waals surface area contributed by atoms with Gasteiger partial charge in [0.2, 0.25) is 0 Å². The van der Waals surface area contributed by atoms with Gasteiger partial charge in [-0.25, -0.2) is 0 Å². The third-order valence-electron chi connectivity index (χ3n) is 8.40. The summed E-state index contributed by atoms with van der Waals surface area (Å²) in [5.41, 5.74) is 0. The first-order chi connectivity index (χ1) is 21.1. The second kappa shape index (κ2) is 35.3. The largest absolute Gasteiger partial charge is 0.466 e. The van der Waals surface area contributed by atoms with Crippen molar-refractivity contribution < 1.29 is 24.2 Å². The third-order valence-corrected chi connectivity index (χ3v) is 8.40. The first kappa shape index (κ1) is 41.9. The topological polar surface area (TPSA) is 76.1 Å². The van der Waals surface area contributed by atoms with Crippen molar-refractivity contribution in [1.29, 1.82) is 0 Å². The number of rotatable bonds is 35. The van der Waals surface area contributed by atoms with Gasteiger partial charge in [-0.1, -0.05) is 136 Å². The molecule has 43 heavy (non-hydrogen) atoms. The van der Waals surface area contributed by atoms with Gasteiger partial charge in [-0.15, -0.1) is 0 Å². The van der Waals surface area contributed by atoms with Crippen LogP contribution >= 0.6 is 0 Å². The van der Waals surface area contributed by atoms with Crippen LogP contribution in [-0.4, -0.2) is 61.4 Å². The maximum atomic E-state index is 12.0. The van der Waals surface area contributed by atoms with Gasteiger partial charge < -0.3 is 19.5 Å². The molecular formula is C37H73NO5. The van der Waals surface area contributed by atoms with Crippen molar-refractivity contribution in [3.05, 3.63) is 0 Å². The van der Waals surface area contributed by atoms with E-state index in [9.17, 15) is 14.7 Å². The van der Waals surface area contributed by atoms with Crippen molar-refractivity contribution in [2.75, 3.05) is 39.5 Å². The lowest BCUT2D eigenvalue weighted by Crippen LogP contribution is -2.29. The Hall–Kier alpha value is -1.14. The van der Waals surface area contributed by atoms with Crippen molar-refractivity contribution in [2.45, 2.75) is 187 Å². The zero-order valence-electron chi connectivity index (χ0n) is 28.9. The lowest BCUT2D eigenvalue weighted by Gasteiger charge is -2.21. The molecule has 0 aliphatic carbocycles. The van der Waals surface area contributed by atoms with E-state index in [0.29, 0.717) is 32.6 Å². The van der Waals surface area contributed by atoms with Crippen LogP contribution in [0, 0.1) is 0 Å². The van der Waals surface area contributed by atoms with Crippen molar-refractivity contribution >= 4 is 11.9 Å². The molecule has 0 saturated heterocycles. The van der Waals surface area contributed by atoms with E-state index >= 15 is 0 Å². The molecule has 6 heteroatoms. The standard InChI is InChI=1S/C37H73NO5/c1-3-5-7-9-11-13-15-20-27-35-43-37(41)29-23-21-25-31-38(32-33-39)30-24-18-16-17-22-28-36(40)42-34-26-19-14-12-10-8-6-4-2/h39H,3-35H2,1-2H3. The zero-order chi connectivity index (χ0) is 31.5. The first-order valence-electron chi connectivity index (χ1n) is 18.8. The number of carbonyl (C=O) groups is 2. The Kier molecular flexibility index (Phi) is 34.4. The van der Waals surface area contributed by atoms with Crippen LogP contribution in [0.3, 0.4) is 0 Å². The molecule has 0 aromatic rings. The summed E-state index contributed by atoms with van der Waals surface area (Å²) in [5.74, 6) is -0.0901. The molecular weight excluding hydrogens is 538 g/mol. The maximum absolute atomic E-state index is 12.0. The molecule has 0 amide bonds. The Morgan fingerprint density at radius 1 is 0.442 bits per heavy atom. The van der Waals surface area contributed by atoms with E-state index in [2.05, 4.69) is 18.7 Å². The Balaban J connectivity index is 3.55. The maximum Gasteiger partial charge on any atom is 0.305 e. The number of hydrogen-bond acceptors (Lipinski definition) is 6. The number of hydrogen-bond donors (Lipinski definition) is 1. The molecule has 0 aliphatic heterocycles. The number of aliphatic hydroxyl groups is 1. The summed E-state index contributed by atoms with van der Waals surface area (Å²) in [4.78, 5) is 26.3. The van der Waals surface area contributed by atoms with Gasteiger partial charge in [0.15, 0.2) is 0 Å². The van der Waals surface area contributed by atoms with Gasteiger partial charge in [0.25, 0.3) is 0 Å². The molecule has 1 N–H and O–H groups in total. The second-order valence-electron chi connectivity index (χ2n) is 12.6. The van der Waals surface area contributed by atoms with Crippen LogP contribution in [-0.2, 0) is 19.1 Å². The van der Waals surface area contributed by atoms with Crippen molar-refractivity contribution in [3.63, 3.8) is 0 Å². The van der Waals surface area contributed by atoms with E-state index in [1.807, 2.05) is 0 Å². The average molecular weight is 612 g/mol. The summed E-state index contributed by atoms with van der Waals surface area (Å²) in [6.07, 6.45) is 30.9. The highest BCUT2D eigenvalue weighted by molar-refractivity contribution is 5.69. The Morgan fingerprint density at radius 2 is 0.767 bits per heavy atom. The van der Waals surface area contributed by atoms with Crippen molar-refractivity contribution in [1.82, 2.24) is 4.90 Å². The highest BCUT2D eigenvalue weighted by atomic mass is 16.5. The van der Waals surface area contributed by atoms with Gasteiger partial charge >= 0.3 is 11.9 Å². The quantitative estimate of drug-likeness (QED) is 0.0568. The SMILES string of the molecule is CCCCCCCCCCCOC(=O)CCCCCN(CCO)CCCCCCCC(=O)OCCCCCCCCCC. The Bertz CT molecular complexity index is 585. The van der Waals surface area contributed by atoms with Crippen molar-refractivity contribution in [3.8, 4) is 0 Å². The lowest BCUT2D eigenvalue weighted by atomic mass is 10.1. The van der Waals surface area contributed by atoms with E-state index in [1.54, 1.807) is 0 Å². The fourth-order valence-corrected chi connectivity index (χ4v) is 5.56. The minimum absolute atomic E-state index is 0.0378. The van der Waals surface area contributed by atoms with Gasteiger partial charge in [-0.05, 0) is 51.6 Å². The van der Waals surface area contributed by atoms with Crippen LogP contribution < -0.4 is 0 Å². The fourth-order valence-electron chi connectivity index (χ4n) is 5.56. The van der Waals surface area contributed by atoms with Gasteiger partial charge in [-0.2, -0.15) is 0 Å². The zero-order valence-corrected chi connectivity index (χ0v) is 28.9. The van der Waals surface area contributed by atoms with Gasteiger partial charge in [0, 0.05) is 19.4 Å². The first-order valence-corrected chi connectivity index (χ1v) is 18.8. The predicted molar refractivity (Wildman–Crippen MR) is 181 cm³/mol. The number of ether oxygens (including phenoxy) is 2. The van der Waals surface area contributed by atoms with Crippen LogP contribution in [0.1, 0.15) is 187 Å². The second-order valence-corrected chi connectivity index (χ2v) is 12.6. The number of esters is 2. The molecule has 0 atom stereocenters. The van der Waals surface area contributed by atoms with Crippen LogP contribution in [0.5, 0.6) is 0 Å². The molecule has 0 bridgehead atoms. The van der Waals surface area contributed by atoms with E-state index in [0.717, 1.165) is 83.7 Å². The monoisotopic (exact) mass is 612 g/mol. The molecule has 6 nitrogen and oxygen atoms in total. The smallest absolute Gasteiger partial charge is 0.305 e.